The summed E-state index contributed by atoms with van der Waals surface area (Å²) in [5.74, 6) is -1.49. The highest BCUT2D eigenvalue weighted by Gasteiger charge is 2.37. The molecule has 10 heteroatoms. The van der Waals surface area contributed by atoms with Crippen LogP contribution in [0.4, 0.5) is 18.9 Å². The largest absolute Gasteiger partial charge is 0.453 e. The highest BCUT2D eigenvalue weighted by Crippen LogP contribution is 2.28. The average molecular weight is 489 g/mol. The van der Waals surface area contributed by atoms with Gasteiger partial charge >= 0.3 is 6.18 Å². The van der Waals surface area contributed by atoms with Crippen molar-refractivity contribution >= 4 is 17.4 Å². The van der Waals surface area contributed by atoms with E-state index in [-0.39, 0.29) is 18.1 Å². The second kappa shape index (κ2) is 10.3. The Morgan fingerprint density at radius 2 is 1.86 bits per heavy atom. The van der Waals surface area contributed by atoms with Crippen molar-refractivity contribution in [1.29, 1.82) is 0 Å². The van der Waals surface area contributed by atoms with E-state index in [0.29, 0.717) is 29.4 Å². The zero-order valence-corrected chi connectivity index (χ0v) is 20.3. The monoisotopic (exact) mass is 488 g/mol. The summed E-state index contributed by atoms with van der Waals surface area (Å²) in [6, 6.07) is 8.37. The van der Waals surface area contributed by atoms with Gasteiger partial charge in [-0.15, -0.1) is 5.10 Å². The summed E-state index contributed by atoms with van der Waals surface area (Å²) in [7, 11) is 2.14. The molecular weight excluding hydrogens is 457 g/mol. The highest BCUT2D eigenvalue weighted by molar-refractivity contribution is 5.91. The number of rotatable bonds is 7. The molecule has 0 unspecified atom stereocenters. The first-order chi connectivity index (χ1) is 16.6. The molecule has 1 aliphatic rings. The molecule has 35 heavy (non-hydrogen) atoms. The number of fused-ring (bicyclic) bond motifs is 1. The maximum Gasteiger partial charge on any atom is 0.453 e. The Labute approximate surface area is 202 Å². The molecule has 0 saturated heterocycles. The molecule has 0 aliphatic heterocycles. The first-order valence-corrected chi connectivity index (χ1v) is 12.0. The molecule has 1 saturated carbocycles. The summed E-state index contributed by atoms with van der Waals surface area (Å²) >= 11 is 0. The van der Waals surface area contributed by atoms with Crippen LogP contribution in [-0.2, 0) is 23.9 Å². The first-order valence-electron chi connectivity index (χ1n) is 12.0. The summed E-state index contributed by atoms with van der Waals surface area (Å²) < 4.78 is 40.1. The van der Waals surface area contributed by atoms with Gasteiger partial charge in [-0.3, -0.25) is 9.69 Å². The Morgan fingerprint density at radius 1 is 1.14 bits per heavy atom. The predicted molar refractivity (Wildman–Crippen MR) is 127 cm³/mol. The van der Waals surface area contributed by atoms with Crippen LogP contribution in [0.2, 0.25) is 0 Å². The Hall–Kier alpha value is -3.01. The summed E-state index contributed by atoms with van der Waals surface area (Å²) in [5.41, 5.74) is 3.58. The van der Waals surface area contributed by atoms with Gasteiger partial charge in [-0.05, 0) is 57.4 Å². The summed E-state index contributed by atoms with van der Waals surface area (Å²) in [5, 5.41) is 6.59. The Balaban J connectivity index is 1.43. The van der Waals surface area contributed by atoms with Crippen LogP contribution >= 0.6 is 0 Å². The van der Waals surface area contributed by atoms with Gasteiger partial charge in [0.15, 0.2) is 0 Å². The van der Waals surface area contributed by atoms with E-state index in [1.54, 1.807) is 13.8 Å². The van der Waals surface area contributed by atoms with Crippen LogP contribution in [0.3, 0.4) is 0 Å². The molecule has 0 spiro atoms. The normalized spacial score (nSPS) is 15.2. The van der Waals surface area contributed by atoms with Crippen molar-refractivity contribution in [2.45, 2.75) is 77.6 Å². The molecule has 0 atom stereocenters. The van der Waals surface area contributed by atoms with Crippen molar-refractivity contribution in [2.75, 3.05) is 12.4 Å². The van der Waals surface area contributed by atoms with E-state index in [1.165, 1.54) is 32.1 Å². The second-order valence-electron chi connectivity index (χ2n) is 9.32. The molecule has 7 nitrogen and oxygen atoms in total. The van der Waals surface area contributed by atoms with Crippen molar-refractivity contribution in [3.05, 3.63) is 52.6 Å². The molecule has 1 fully saturated rings. The molecule has 1 aromatic carbocycles. The molecule has 2 aromatic heterocycles. The fourth-order valence-corrected chi connectivity index (χ4v) is 4.84. The summed E-state index contributed by atoms with van der Waals surface area (Å²) in [4.78, 5) is 22.9. The fourth-order valence-electron chi connectivity index (χ4n) is 4.84. The average Bonchev–Trinajstić information content (AvgIpc) is 3.25. The van der Waals surface area contributed by atoms with Gasteiger partial charge in [0.1, 0.15) is 0 Å². The minimum Gasteiger partial charge on any atom is -0.326 e. The van der Waals surface area contributed by atoms with Gasteiger partial charge in [0, 0.05) is 36.1 Å². The van der Waals surface area contributed by atoms with Gasteiger partial charge in [-0.25, -0.2) is 9.50 Å². The van der Waals surface area contributed by atoms with Gasteiger partial charge in [-0.2, -0.15) is 18.2 Å². The van der Waals surface area contributed by atoms with Gasteiger partial charge in [0.25, 0.3) is 11.6 Å². The molecule has 4 rings (SSSR count). The summed E-state index contributed by atoms with van der Waals surface area (Å²) in [6.45, 7) is 4.13. The number of nitrogens with zero attached hydrogens (tertiary/aromatic N) is 5. The number of anilines is 1. The number of hydrogen-bond acceptors (Lipinski definition) is 5. The van der Waals surface area contributed by atoms with E-state index in [4.69, 9.17) is 0 Å². The molecule has 3 aromatic rings. The molecule has 0 bridgehead atoms. The molecule has 2 heterocycles. The van der Waals surface area contributed by atoms with Crippen LogP contribution in [0.1, 0.15) is 66.9 Å². The molecule has 1 N–H and O–H groups in total. The van der Waals surface area contributed by atoms with Gasteiger partial charge in [0.2, 0.25) is 5.91 Å². The van der Waals surface area contributed by atoms with Crippen LogP contribution < -0.4 is 5.32 Å². The van der Waals surface area contributed by atoms with Crippen molar-refractivity contribution in [1.82, 2.24) is 24.5 Å². The van der Waals surface area contributed by atoms with E-state index >= 15 is 0 Å². The number of benzene rings is 1. The minimum atomic E-state index is -4.65. The van der Waals surface area contributed by atoms with Crippen LogP contribution in [0.25, 0.3) is 5.78 Å². The number of halogens is 3. The molecule has 1 aliphatic carbocycles. The van der Waals surface area contributed by atoms with Crippen LogP contribution in [0, 0.1) is 13.8 Å². The Kier molecular flexibility index (Phi) is 7.39. The Bertz CT molecular complexity index is 1200. The van der Waals surface area contributed by atoms with Crippen molar-refractivity contribution < 1.29 is 18.0 Å². The van der Waals surface area contributed by atoms with Crippen LogP contribution in [0.15, 0.2) is 24.3 Å². The van der Waals surface area contributed by atoms with Gasteiger partial charge < -0.3 is 5.32 Å². The SMILES string of the molecule is Cc1nc2nc(C(F)(F)F)nn2c(C)c1CCC(=O)Nc1ccccc1CN(C)C1CCCCC1. The van der Waals surface area contributed by atoms with Crippen molar-refractivity contribution in [2.24, 2.45) is 0 Å². The maximum atomic E-state index is 13.0. The third-order valence-electron chi connectivity index (χ3n) is 6.81. The molecular formula is C25H31F3N6O. The second-order valence-corrected chi connectivity index (χ2v) is 9.32. The zero-order chi connectivity index (χ0) is 25.2. The molecule has 0 radical (unpaired) electrons. The van der Waals surface area contributed by atoms with E-state index in [1.807, 2.05) is 24.3 Å². The third kappa shape index (κ3) is 5.80. The minimum absolute atomic E-state index is 0.100. The van der Waals surface area contributed by atoms with E-state index < -0.39 is 12.0 Å². The lowest BCUT2D eigenvalue weighted by Crippen LogP contribution is -2.33. The smallest absolute Gasteiger partial charge is 0.326 e. The lowest BCUT2D eigenvalue weighted by Gasteiger charge is -2.31. The molecule has 1 amide bonds. The van der Waals surface area contributed by atoms with E-state index in [2.05, 4.69) is 32.3 Å². The number of aryl methyl sites for hydroxylation is 2. The number of carbonyl (C=O) groups is 1. The zero-order valence-electron chi connectivity index (χ0n) is 20.3. The van der Waals surface area contributed by atoms with Gasteiger partial charge in [-0.1, -0.05) is 37.5 Å². The number of carbonyl (C=O) groups excluding carboxylic acids is 1. The predicted octanol–water partition coefficient (Wildman–Crippen LogP) is 5.10. The van der Waals surface area contributed by atoms with Crippen LogP contribution in [-0.4, -0.2) is 43.5 Å². The number of amides is 1. The number of aromatic nitrogens is 4. The van der Waals surface area contributed by atoms with E-state index in [9.17, 15) is 18.0 Å². The Morgan fingerprint density at radius 3 is 2.57 bits per heavy atom. The van der Waals surface area contributed by atoms with Gasteiger partial charge in [0.05, 0.1) is 0 Å². The standard InChI is InChI=1S/C25H31F3N6O/c1-16-20(17(2)34-24(29-16)31-23(32-34)25(26,27)28)13-14-22(35)30-21-12-8-7-9-18(21)15-33(3)19-10-5-4-6-11-19/h7-9,12,19H,4-6,10-11,13-15H2,1-3H3,(H,30,35). The fraction of sp³-hybridized carbons (Fsp3) is 0.520. The topological polar surface area (TPSA) is 75.4 Å². The molecule has 188 valence electrons. The third-order valence-corrected chi connectivity index (χ3v) is 6.81. The van der Waals surface area contributed by atoms with Crippen LogP contribution in [0.5, 0.6) is 0 Å². The summed E-state index contributed by atoms with van der Waals surface area (Å²) in [6.07, 6.45) is 2.10. The lowest BCUT2D eigenvalue weighted by molar-refractivity contribution is -0.144. The number of alkyl halides is 3. The number of para-hydroxylation sites is 1. The highest BCUT2D eigenvalue weighted by atomic mass is 19.4. The van der Waals surface area contributed by atoms with Crippen molar-refractivity contribution in [3.63, 3.8) is 0 Å². The lowest BCUT2D eigenvalue weighted by atomic mass is 9.94. The van der Waals surface area contributed by atoms with E-state index in [0.717, 1.165) is 22.3 Å². The quantitative estimate of drug-likeness (QED) is 0.501. The van der Waals surface area contributed by atoms with Crippen molar-refractivity contribution in [3.8, 4) is 0 Å². The number of nitrogens with one attached hydrogen (secondary N) is 1. The number of hydrogen-bond donors (Lipinski definition) is 1. The maximum absolute atomic E-state index is 13.0. The first kappa shape index (κ1) is 25.1.